The van der Waals surface area contributed by atoms with Crippen molar-refractivity contribution < 1.29 is 14.3 Å². The van der Waals surface area contributed by atoms with E-state index < -0.39 is 17.4 Å². The van der Waals surface area contributed by atoms with Crippen molar-refractivity contribution in [1.29, 1.82) is 0 Å². The van der Waals surface area contributed by atoms with Crippen molar-refractivity contribution in [2.24, 2.45) is 0 Å². The fourth-order valence-electron chi connectivity index (χ4n) is 2.99. The smallest absolute Gasteiger partial charge is 0.278 e. The van der Waals surface area contributed by atoms with Gasteiger partial charge in [-0.05, 0) is 57.9 Å². The van der Waals surface area contributed by atoms with Crippen LogP contribution in [0.15, 0.2) is 24.3 Å². The van der Waals surface area contributed by atoms with Crippen LogP contribution in [0, 0.1) is 20.8 Å². The number of carbonyl (C=O) groups is 2. The van der Waals surface area contributed by atoms with Gasteiger partial charge in [-0.2, -0.15) is 5.10 Å². The topological polar surface area (TPSA) is 85.3 Å². The van der Waals surface area contributed by atoms with Gasteiger partial charge in [-0.3, -0.25) is 14.3 Å². The molecule has 0 fully saturated rings. The Morgan fingerprint density at radius 2 is 2.08 bits per heavy atom. The average Bonchev–Trinajstić information content (AvgIpc) is 2.90. The summed E-state index contributed by atoms with van der Waals surface area (Å²) in [5, 5.41) is 9.95. The molecule has 2 amide bonds. The summed E-state index contributed by atoms with van der Waals surface area (Å²) >= 11 is 0. The van der Waals surface area contributed by atoms with Crippen LogP contribution in [0.5, 0.6) is 5.75 Å². The van der Waals surface area contributed by atoms with E-state index in [4.69, 9.17) is 4.74 Å². The molecule has 2 heterocycles. The zero-order chi connectivity index (χ0) is 18.9. The van der Waals surface area contributed by atoms with Crippen LogP contribution in [0.25, 0.3) is 0 Å². The van der Waals surface area contributed by atoms with E-state index in [1.54, 1.807) is 6.07 Å². The summed E-state index contributed by atoms with van der Waals surface area (Å²) in [7, 11) is 0. The normalized spacial score (nSPS) is 18.7. The van der Waals surface area contributed by atoms with Crippen molar-refractivity contribution in [3.8, 4) is 5.75 Å². The molecule has 1 aliphatic rings. The van der Waals surface area contributed by atoms with Crippen molar-refractivity contribution in [1.82, 2.24) is 15.1 Å². The molecule has 1 unspecified atom stereocenters. The van der Waals surface area contributed by atoms with Crippen LogP contribution in [0.4, 0.5) is 5.69 Å². The first-order chi connectivity index (χ1) is 12.3. The van der Waals surface area contributed by atoms with Gasteiger partial charge in [0.2, 0.25) is 0 Å². The van der Waals surface area contributed by atoms with Crippen molar-refractivity contribution in [2.75, 3.05) is 11.9 Å². The highest BCUT2D eigenvalue weighted by Gasteiger charge is 2.47. The van der Waals surface area contributed by atoms with Gasteiger partial charge < -0.3 is 15.4 Å². The van der Waals surface area contributed by atoms with Crippen molar-refractivity contribution in [2.45, 2.75) is 46.3 Å². The molecule has 138 valence electrons. The number of anilines is 1. The van der Waals surface area contributed by atoms with E-state index in [1.165, 1.54) is 6.92 Å². The van der Waals surface area contributed by atoms with Crippen molar-refractivity contribution in [3.05, 3.63) is 41.2 Å². The van der Waals surface area contributed by atoms with Gasteiger partial charge in [0.1, 0.15) is 5.75 Å². The van der Waals surface area contributed by atoms with E-state index in [-0.39, 0.29) is 0 Å². The molecule has 1 aromatic carbocycles. The number of aryl methyl sites for hydroxylation is 4. The fraction of sp³-hybridized carbons (Fsp3) is 0.421. The summed E-state index contributed by atoms with van der Waals surface area (Å²) in [4.78, 5) is 25.0. The molecule has 0 saturated heterocycles. The van der Waals surface area contributed by atoms with Gasteiger partial charge in [-0.15, -0.1) is 0 Å². The van der Waals surface area contributed by atoms with Gasteiger partial charge in [0.05, 0.1) is 11.4 Å². The first kappa shape index (κ1) is 18.0. The van der Waals surface area contributed by atoms with Crippen LogP contribution in [0.1, 0.15) is 30.3 Å². The first-order valence-corrected chi connectivity index (χ1v) is 8.70. The summed E-state index contributed by atoms with van der Waals surface area (Å²) in [5.41, 5.74) is 2.07. The Bertz CT molecular complexity index is 858. The average molecular weight is 356 g/mol. The van der Waals surface area contributed by atoms with E-state index in [0.717, 1.165) is 17.0 Å². The lowest BCUT2D eigenvalue weighted by molar-refractivity contribution is -0.146. The van der Waals surface area contributed by atoms with Crippen molar-refractivity contribution >= 4 is 17.5 Å². The first-order valence-electron chi connectivity index (χ1n) is 8.70. The molecule has 26 heavy (non-hydrogen) atoms. The highest BCUT2D eigenvalue weighted by Crippen LogP contribution is 2.34. The molecule has 1 aliphatic heterocycles. The number of amides is 2. The number of benzene rings is 1. The van der Waals surface area contributed by atoms with E-state index in [1.807, 2.05) is 43.7 Å². The third-order valence-electron chi connectivity index (χ3n) is 4.50. The summed E-state index contributed by atoms with van der Waals surface area (Å²) in [6.45, 7) is 8.50. The molecule has 3 rings (SSSR count). The predicted octanol–water partition coefficient (Wildman–Crippen LogP) is 2.10. The van der Waals surface area contributed by atoms with Crippen LogP contribution in [0.3, 0.4) is 0 Å². The maximum Gasteiger partial charge on any atom is 0.278 e. The predicted molar refractivity (Wildman–Crippen MR) is 98.2 cm³/mol. The zero-order valence-corrected chi connectivity index (χ0v) is 15.5. The van der Waals surface area contributed by atoms with Crippen LogP contribution in [-0.4, -0.2) is 33.7 Å². The molecule has 0 saturated carbocycles. The summed E-state index contributed by atoms with van der Waals surface area (Å²) in [6, 6.07) is 7.47. The van der Waals surface area contributed by atoms with Gasteiger partial charge in [-0.25, -0.2) is 0 Å². The second kappa shape index (κ2) is 6.82. The number of rotatable bonds is 5. The third-order valence-corrected chi connectivity index (χ3v) is 4.50. The number of hydrogen-bond donors (Lipinski definition) is 2. The van der Waals surface area contributed by atoms with E-state index in [0.29, 0.717) is 30.9 Å². The molecular weight excluding hydrogens is 332 g/mol. The monoisotopic (exact) mass is 356 g/mol. The van der Waals surface area contributed by atoms with Gasteiger partial charge in [0.25, 0.3) is 17.4 Å². The molecule has 0 radical (unpaired) electrons. The zero-order valence-electron chi connectivity index (χ0n) is 15.5. The van der Waals surface area contributed by atoms with Gasteiger partial charge >= 0.3 is 0 Å². The Labute approximate surface area is 152 Å². The molecule has 7 heteroatoms. The fourth-order valence-corrected chi connectivity index (χ4v) is 2.99. The molecular formula is C19H24N4O3. The minimum atomic E-state index is -1.58. The van der Waals surface area contributed by atoms with Crippen LogP contribution in [-0.2, 0) is 16.1 Å². The van der Waals surface area contributed by atoms with Gasteiger partial charge in [0.15, 0.2) is 0 Å². The van der Waals surface area contributed by atoms with Gasteiger partial charge in [0, 0.05) is 18.8 Å². The molecule has 1 atom stereocenters. The molecule has 7 nitrogen and oxygen atoms in total. The number of aromatic nitrogens is 2. The number of ether oxygens (including phenoxy) is 1. The lowest BCUT2D eigenvalue weighted by Crippen LogP contribution is -2.58. The number of nitrogens with zero attached hydrogens (tertiary/aromatic N) is 2. The molecule has 1 aromatic heterocycles. The molecule has 0 bridgehead atoms. The number of fused-ring (bicyclic) bond motifs is 1. The Balaban J connectivity index is 1.59. The van der Waals surface area contributed by atoms with E-state index >= 15 is 0 Å². The minimum absolute atomic E-state index is 0.435. The number of carbonyl (C=O) groups excluding carboxylic acids is 2. The minimum Gasteiger partial charge on any atom is -0.466 e. The van der Waals surface area contributed by atoms with Crippen LogP contribution in [0.2, 0.25) is 0 Å². The molecule has 2 aromatic rings. The summed E-state index contributed by atoms with van der Waals surface area (Å²) in [6.07, 6.45) is 0.710. The van der Waals surface area contributed by atoms with Crippen LogP contribution >= 0.6 is 0 Å². The lowest BCUT2D eigenvalue weighted by atomic mass is 10.0. The second-order valence-corrected chi connectivity index (χ2v) is 6.85. The molecule has 0 aliphatic carbocycles. The standard InChI is InChI=1S/C19H24N4O3/c1-12-6-7-16-15(10-12)21-18(25)19(4,26-16)17(24)20-8-5-9-23-14(3)11-13(2)22-23/h6-7,10-11H,5,8-9H2,1-4H3,(H,20,24)(H,21,25). The highest BCUT2D eigenvalue weighted by molar-refractivity contribution is 6.15. The van der Waals surface area contributed by atoms with Gasteiger partial charge in [-0.1, -0.05) is 6.07 Å². The number of hydrogen-bond acceptors (Lipinski definition) is 4. The maximum atomic E-state index is 12.6. The SMILES string of the molecule is Cc1ccc2c(c1)NC(=O)C(C)(C(=O)NCCCn1nc(C)cc1C)O2. The molecule has 2 N–H and O–H groups in total. The van der Waals surface area contributed by atoms with E-state index in [9.17, 15) is 9.59 Å². The largest absolute Gasteiger partial charge is 0.466 e. The Morgan fingerprint density at radius 1 is 1.31 bits per heavy atom. The summed E-state index contributed by atoms with van der Waals surface area (Å²) in [5.74, 6) is -0.420. The summed E-state index contributed by atoms with van der Waals surface area (Å²) < 4.78 is 7.65. The highest BCUT2D eigenvalue weighted by atomic mass is 16.5. The van der Waals surface area contributed by atoms with E-state index in [2.05, 4.69) is 15.7 Å². The Morgan fingerprint density at radius 3 is 2.77 bits per heavy atom. The molecule has 0 spiro atoms. The third kappa shape index (κ3) is 3.42. The quantitative estimate of drug-likeness (QED) is 0.635. The number of nitrogens with one attached hydrogen (secondary N) is 2. The lowest BCUT2D eigenvalue weighted by Gasteiger charge is -2.33. The Hall–Kier alpha value is -2.83. The second-order valence-electron chi connectivity index (χ2n) is 6.85. The van der Waals surface area contributed by atoms with Crippen molar-refractivity contribution in [3.63, 3.8) is 0 Å². The van der Waals surface area contributed by atoms with Crippen LogP contribution < -0.4 is 15.4 Å². The Kier molecular flexibility index (Phi) is 4.71. The maximum absolute atomic E-state index is 12.6.